The summed E-state index contributed by atoms with van der Waals surface area (Å²) >= 11 is 5.35. The summed E-state index contributed by atoms with van der Waals surface area (Å²) < 4.78 is 15.6. The molecule has 1 saturated carbocycles. The van der Waals surface area contributed by atoms with Gasteiger partial charge >= 0.3 is 0 Å². The molecule has 0 aliphatic heterocycles. The predicted octanol–water partition coefficient (Wildman–Crippen LogP) is 5.08. The van der Waals surface area contributed by atoms with Crippen LogP contribution in [0.4, 0.5) is 11.5 Å². The molecule has 3 rings (SSSR count). The summed E-state index contributed by atoms with van der Waals surface area (Å²) in [4.78, 5) is 8.79. The summed E-state index contributed by atoms with van der Waals surface area (Å²) in [5, 5.41) is 3.74. The molecular formula is C20H27ClN4OS. The third kappa shape index (κ3) is 5.13. The SMILES string of the molecule is Cc1ccc(Nc2ncc([C@H](N[S+]([O-])C(C)(C)C)C3CCC3)cc2Cl)cn1. The number of hydrogen-bond donors (Lipinski definition) is 2. The van der Waals surface area contributed by atoms with Crippen LogP contribution in [0, 0.1) is 12.8 Å². The molecule has 27 heavy (non-hydrogen) atoms. The largest absolute Gasteiger partial charge is 0.598 e. The summed E-state index contributed by atoms with van der Waals surface area (Å²) in [6.07, 6.45) is 7.06. The van der Waals surface area contributed by atoms with Gasteiger partial charge in [-0.15, -0.1) is 4.72 Å². The van der Waals surface area contributed by atoms with Gasteiger partial charge in [0.25, 0.3) is 0 Å². The Kier molecular flexibility index (Phi) is 6.31. The van der Waals surface area contributed by atoms with Crippen LogP contribution in [0.15, 0.2) is 30.6 Å². The van der Waals surface area contributed by atoms with Crippen LogP contribution in [0.3, 0.4) is 0 Å². The molecule has 1 aliphatic carbocycles. The van der Waals surface area contributed by atoms with Crippen molar-refractivity contribution in [2.45, 2.75) is 57.7 Å². The molecule has 146 valence electrons. The fourth-order valence-corrected chi connectivity index (χ4v) is 4.03. The van der Waals surface area contributed by atoms with Crippen LogP contribution < -0.4 is 10.0 Å². The Morgan fingerprint density at radius 3 is 2.48 bits per heavy atom. The van der Waals surface area contributed by atoms with E-state index in [-0.39, 0.29) is 10.8 Å². The first kappa shape index (κ1) is 20.4. The number of halogens is 1. The second-order valence-corrected chi connectivity index (χ2v) is 10.5. The minimum Gasteiger partial charge on any atom is -0.598 e. The zero-order valence-electron chi connectivity index (χ0n) is 16.3. The van der Waals surface area contributed by atoms with Crippen LogP contribution in [-0.2, 0) is 11.4 Å². The Morgan fingerprint density at radius 2 is 1.96 bits per heavy atom. The van der Waals surface area contributed by atoms with Crippen molar-refractivity contribution in [3.8, 4) is 0 Å². The van der Waals surface area contributed by atoms with Gasteiger partial charge in [0.1, 0.15) is 10.6 Å². The topological polar surface area (TPSA) is 72.9 Å². The first-order valence-electron chi connectivity index (χ1n) is 9.27. The quantitative estimate of drug-likeness (QED) is 0.654. The van der Waals surface area contributed by atoms with Gasteiger partial charge in [0.15, 0.2) is 0 Å². The lowest BCUT2D eigenvalue weighted by Crippen LogP contribution is -2.44. The zero-order chi connectivity index (χ0) is 19.6. The highest BCUT2D eigenvalue weighted by Gasteiger charge is 2.36. The molecule has 2 heterocycles. The van der Waals surface area contributed by atoms with Gasteiger partial charge in [0.05, 0.1) is 22.9 Å². The Hall–Kier alpha value is -1.34. The number of nitrogens with one attached hydrogen (secondary N) is 2. The molecule has 2 atom stereocenters. The molecule has 1 aliphatic rings. The van der Waals surface area contributed by atoms with Crippen LogP contribution in [-0.4, -0.2) is 19.3 Å². The van der Waals surface area contributed by atoms with Crippen molar-refractivity contribution in [1.82, 2.24) is 14.7 Å². The average Bonchev–Trinajstić information content (AvgIpc) is 2.55. The summed E-state index contributed by atoms with van der Waals surface area (Å²) in [5.74, 6) is 1.06. The Labute approximate surface area is 169 Å². The van der Waals surface area contributed by atoms with Crippen molar-refractivity contribution in [2.24, 2.45) is 5.92 Å². The Balaban J connectivity index is 1.79. The molecule has 0 spiro atoms. The monoisotopic (exact) mass is 406 g/mol. The number of pyridine rings is 2. The van der Waals surface area contributed by atoms with Crippen molar-refractivity contribution in [2.75, 3.05) is 5.32 Å². The van der Waals surface area contributed by atoms with E-state index in [4.69, 9.17) is 11.6 Å². The third-order valence-electron chi connectivity index (χ3n) is 4.81. The van der Waals surface area contributed by atoms with Gasteiger partial charge in [-0.3, -0.25) is 4.98 Å². The Morgan fingerprint density at radius 1 is 1.22 bits per heavy atom. The molecule has 0 radical (unpaired) electrons. The number of aromatic nitrogens is 2. The lowest BCUT2D eigenvalue weighted by molar-refractivity contribution is 0.250. The molecule has 0 bridgehead atoms. The van der Waals surface area contributed by atoms with Crippen molar-refractivity contribution in [1.29, 1.82) is 0 Å². The van der Waals surface area contributed by atoms with Gasteiger partial charge in [-0.1, -0.05) is 18.0 Å². The fraction of sp³-hybridized carbons (Fsp3) is 0.500. The maximum atomic E-state index is 12.6. The second-order valence-electron chi connectivity index (χ2n) is 8.08. The van der Waals surface area contributed by atoms with Crippen LogP contribution in [0.1, 0.15) is 57.3 Å². The lowest BCUT2D eigenvalue weighted by atomic mass is 9.78. The molecule has 0 aromatic carbocycles. The van der Waals surface area contributed by atoms with E-state index in [9.17, 15) is 4.55 Å². The van der Waals surface area contributed by atoms with Crippen molar-refractivity contribution < 1.29 is 4.55 Å². The molecular weight excluding hydrogens is 380 g/mol. The fourth-order valence-electron chi connectivity index (χ4n) is 2.89. The number of aryl methyl sites for hydroxylation is 1. The van der Waals surface area contributed by atoms with Gasteiger partial charge in [-0.05, 0) is 70.2 Å². The van der Waals surface area contributed by atoms with E-state index in [1.54, 1.807) is 6.20 Å². The predicted molar refractivity (Wildman–Crippen MR) is 113 cm³/mol. The van der Waals surface area contributed by atoms with E-state index in [1.807, 2.05) is 52.1 Å². The van der Waals surface area contributed by atoms with Crippen molar-refractivity contribution in [3.05, 3.63) is 46.9 Å². The number of hydrogen-bond acceptors (Lipinski definition) is 5. The van der Waals surface area contributed by atoms with E-state index >= 15 is 0 Å². The van der Waals surface area contributed by atoms with E-state index in [0.29, 0.717) is 16.8 Å². The molecule has 0 amide bonds. The van der Waals surface area contributed by atoms with E-state index in [2.05, 4.69) is 20.0 Å². The first-order valence-corrected chi connectivity index (χ1v) is 10.8. The van der Waals surface area contributed by atoms with E-state index in [0.717, 1.165) is 29.8 Å². The van der Waals surface area contributed by atoms with Gasteiger partial charge in [-0.25, -0.2) is 4.98 Å². The molecule has 2 aromatic rings. The highest BCUT2D eigenvalue weighted by molar-refractivity contribution is 7.90. The highest BCUT2D eigenvalue weighted by Crippen LogP contribution is 2.40. The zero-order valence-corrected chi connectivity index (χ0v) is 17.8. The van der Waals surface area contributed by atoms with Gasteiger partial charge in [-0.2, -0.15) is 0 Å². The van der Waals surface area contributed by atoms with E-state index < -0.39 is 11.4 Å². The first-order chi connectivity index (χ1) is 12.7. The average molecular weight is 407 g/mol. The van der Waals surface area contributed by atoms with Crippen molar-refractivity contribution in [3.63, 3.8) is 0 Å². The summed E-state index contributed by atoms with van der Waals surface area (Å²) in [5.41, 5.74) is 2.77. The van der Waals surface area contributed by atoms with Gasteiger partial charge < -0.3 is 9.87 Å². The minimum atomic E-state index is -1.15. The smallest absolute Gasteiger partial charge is 0.149 e. The molecule has 0 saturated heterocycles. The van der Waals surface area contributed by atoms with Crippen LogP contribution in [0.2, 0.25) is 5.02 Å². The molecule has 1 unspecified atom stereocenters. The molecule has 2 aromatic heterocycles. The number of nitrogens with zero attached hydrogens (tertiary/aromatic N) is 2. The minimum absolute atomic E-state index is 0.00102. The highest BCUT2D eigenvalue weighted by atomic mass is 35.5. The summed E-state index contributed by atoms with van der Waals surface area (Å²) in [6.45, 7) is 7.87. The van der Waals surface area contributed by atoms with Gasteiger partial charge in [0, 0.05) is 23.3 Å². The maximum Gasteiger partial charge on any atom is 0.149 e. The summed E-state index contributed by atoms with van der Waals surface area (Å²) in [6, 6.07) is 5.80. The van der Waals surface area contributed by atoms with E-state index in [1.165, 1.54) is 6.42 Å². The lowest BCUT2D eigenvalue weighted by Gasteiger charge is -2.36. The molecule has 2 N–H and O–H groups in total. The van der Waals surface area contributed by atoms with Gasteiger partial charge in [0.2, 0.25) is 0 Å². The third-order valence-corrected chi connectivity index (χ3v) is 6.68. The number of rotatable bonds is 6. The standard InChI is InChI=1S/C20H27ClN4OS/c1-13-8-9-16(12-22-13)24-19-17(21)10-15(11-23-19)18(14-6-5-7-14)25-27(26)20(2,3)4/h8-12,14,18,25H,5-7H2,1-4H3,(H,23,24)/t18-,27?/m1/s1. The second kappa shape index (κ2) is 8.35. The molecule has 1 fully saturated rings. The summed E-state index contributed by atoms with van der Waals surface area (Å²) in [7, 11) is 0. The van der Waals surface area contributed by atoms with Crippen molar-refractivity contribution >= 4 is 34.5 Å². The van der Waals surface area contributed by atoms with Crippen LogP contribution in [0.5, 0.6) is 0 Å². The number of anilines is 2. The Bertz CT molecular complexity index is 775. The molecule has 7 heteroatoms. The normalized spacial score (nSPS) is 17.3. The van der Waals surface area contributed by atoms with Crippen LogP contribution >= 0.6 is 11.6 Å². The molecule has 5 nitrogen and oxygen atoms in total. The maximum absolute atomic E-state index is 12.6. The van der Waals surface area contributed by atoms with Crippen LogP contribution in [0.25, 0.3) is 0 Å².